The van der Waals surface area contributed by atoms with E-state index in [2.05, 4.69) is 5.32 Å². The topological polar surface area (TPSA) is 75.6 Å². The first kappa shape index (κ1) is 16.2. The zero-order valence-electron chi connectivity index (χ0n) is 13.2. The van der Waals surface area contributed by atoms with Crippen molar-refractivity contribution in [3.63, 3.8) is 0 Å². The second kappa shape index (κ2) is 7.27. The maximum atomic E-state index is 12.6. The van der Waals surface area contributed by atoms with E-state index in [4.69, 9.17) is 4.74 Å². The molecule has 5 nitrogen and oxygen atoms in total. The Morgan fingerprint density at radius 2 is 1.71 bits per heavy atom. The molecule has 5 heteroatoms. The largest absolute Gasteiger partial charge is 0.478 e. The quantitative estimate of drug-likeness (QED) is 0.906. The van der Waals surface area contributed by atoms with E-state index in [0.717, 1.165) is 18.4 Å². The molecule has 1 aliphatic heterocycles. The van der Waals surface area contributed by atoms with Crippen LogP contribution < -0.4 is 5.32 Å². The number of carboxylic acids is 1. The van der Waals surface area contributed by atoms with Crippen LogP contribution >= 0.6 is 0 Å². The van der Waals surface area contributed by atoms with Gasteiger partial charge in [-0.3, -0.25) is 4.79 Å². The number of hydrogen-bond donors (Lipinski definition) is 2. The van der Waals surface area contributed by atoms with Crippen LogP contribution in [0.1, 0.15) is 33.6 Å². The lowest BCUT2D eigenvalue weighted by molar-refractivity contribution is 0.0667. The molecule has 3 rings (SSSR count). The molecule has 0 unspecified atom stereocenters. The molecule has 2 N–H and O–H groups in total. The molecule has 0 bridgehead atoms. The van der Waals surface area contributed by atoms with Gasteiger partial charge in [0.2, 0.25) is 0 Å². The van der Waals surface area contributed by atoms with Crippen LogP contribution in [0.2, 0.25) is 0 Å². The van der Waals surface area contributed by atoms with Crippen molar-refractivity contribution in [2.75, 3.05) is 13.2 Å². The van der Waals surface area contributed by atoms with Crippen molar-refractivity contribution in [1.29, 1.82) is 0 Å². The average Bonchev–Trinajstić information content (AvgIpc) is 2.62. The SMILES string of the molecule is O=C(NC1CCOCC1)c1cccc(-c2ccccc2)c1C(=O)O. The van der Waals surface area contributed by atoms with E-state index < -0.39 is 5.97 Å². The molecular formula is C19H19NO4. The fraction of sp³-hybridized carbons (Fsp3) is 0.263. The van der Waals surface area contributed by atoms with Gasteiger partial charge in [-0.1, -0.05) is 42.5 Å². The van der Waals surface area contributed by atoms with Crippen molar-refractivity contribution in [2.24, 2.45) is 0 Å². The van der Waals surface area contributed by atoms with Gasteiger partial charge in [0.05, 0.1) is 11.1 Å². The van der Waals surface area contributed by atoms with E-state index in [1.807, 2.05) is 30.3 Å². The first-order chi connectivity index (χ1) is 11.7. The van der Waals surface area contributed by atoms with Crippen LogP contribution in [0, 0.1) is 0 Å². The molecular weight excluding hydrogens is 306 g/mol. The third-order valence-corrected chi connectivity index (χ3v) is 4.16. The summed E-state index contributed by atoms with van der Waals surface area (Å²) in [6.07, 6.45) is 1.49. The Morgan fingerprint density at radius 1 is 1.00 bits per heavy atom. The Hall–Kier alpha value is -2.66. The summed E-state index contributed by atoms with van der Waals surface area (Å²) in [6.45, 7) is 1.22. The van der Waals surface area contributed by atoms with Crippen molar-refractivity contribution in [2.45, 2.75) is 18.9 Å². The minimum Gasteiger partial charge on any atom is -0.478 e. The predicted octanol–water partition coefficient (Wildman–Crippen LogP) is 2.96. The summed E-state index contributed by atoms with van der Waals surface area (Å²) in [5.74, 6) is -1.45. The highest BCUT2D eigenvalue weighted by Gasteiger charge is 2.23. The lowest BCUT2D eigenvalue weighted by atomic mass is 9.94. The number of amides is 1. The van der Waals surface area contributed by atoms with Gasteiger partial charge in [0.25, 0.3) is 5.91 Å². The van der Waals surface area contributed by atoms with Gasteiger partial charge in [-0.15, -0.1) is 0 Å². The highest BCUT2D eigenvalue weighted by Crippen LogP contribution is 2.26. The van der Waals surface area contributed by atoms with Crippen LogP contribution in [0.5, 0.6) is 0 Å². The molecule has 1 heterocycles. The summed E-state index contributed by atoms with van der Waals surface area (Å²) in [4.78, 5) is 24.4. The van der Waals surface area contributed by atoms with Gasteiger partial charge in [0.1, 0.15) is 0 Å². The van der Waals surface area contributed by atoms with E-state index in [0.29, 0.717) is 18.8 Å². The Morgan fingerprint density at radius 3 is 2.38 bits per heavy atom. The second-order valence-corrected chi connectivity index (χ2v) is 5.76. The number of carbonyl (C=O) groups is 2. The molecule has 0 atom stereocenters. The van der Waals surface area contributed by atoms with Crippen LogP contribution in [0.25, 0.3) is 11.1 Å². The van der Waals surface area contributed by atoms with Crippen LogP contribution in [-0.2, 0) is 4.74 Å². The highest BCUT2D eigenvalue weighted by molar-refractivity contribution is 6.08. The van der Waals surface area contributed by atoms with Crippen molar-refractivity contribution >= 4 is 11.9 Å². The lowest BCUT2D eigenvalue weighted by Crippen LogP contribution is -2.39. The van der Waals surface area contributed by atoms with Crippen LogP contribution in [0.3, 0.4) is 0 Å². The van der Waals surface area contributed by atoms with Crippen molar-refractivity contribution in [1.82, 2.24) is 5.32 Å². The van der Waals surface area contributed by atoms with Gasteiger partial charge in [-0.05, 0) is 30.0 Å². The number of hydrogen-bond acceptors (Lipinski definition) is 3. The van der Waals surface area contributed by atoms with Gasteiger partial charge in [0, 0.05) is 19.3 Å². The molecule has 0 radical (unpaired) electrons. The molecule has 0 saturated carbocycles. The second-order valence-electron chi connectivity index (χ2n) is 5.76. The smallest absolute Gasteiger partial charge is 0.337 e. The first-order valence-corrected chi connectivity index (χ1v) is 7.97. The van der Waals surface area contributed by atoms with E-state index in [-0.39, 0.29) is 23.1 Å². The number of ether oxygens (including phenoxy) is 1. The molecule has 124 valence electrons. The third kappa shape index (κ3) is 3.46. The van der Waals surface area contributed by atoms with Gasteiger partial charge in [0.15, 0.2) is 0 Å². The van der Waals surface area contributed by atoms with E-state index >= 15 is 0 Å². The Kier molecular flexibility index (Phi) is 4.91. The fourth-order valence-electron chi connectivity index (χ4n) is 2.94. The summed E-state index contributed by atoms with van der Waals surface area (Å²) in [5.41, 5.74) is 1.54. The molecule has 1 amide bonds. The monoisotopic (exact) mass is 325 g/mol. The Labute approximate surface area is 140 Å². The van der Waals surface area contributed by atoms with Gasteiger partial charge in [-0.2, -0.15) is 0 Å². The molecule has 24 heavy (non-hydrogen) atoms. The summed E-state index contributed by atoms with van der Waals surface area (Å²) in [6, 6.07) is 14.2. The molecule has 1 fully saturated rings. The average molecular weight is 325 g/mol. The van der Waals surface area contributed by atoms with Gasteiger partial charge < -0.3 is 15.2 Å². The Balaban J connectivity index is 1.95. The van der Waals surface area contributed by atoms with Crippen LogP contribution in [-0.4, -0.2) is 36.2 Å². The van der Waals surface area contributed by atoms with Crippen LogP contribution in [0.15, 0.2) is 48.5 Å². The number of benzene rings is 2. The number of nitrogens with one attached hydrogen (secondary N) is 1. The molecule has 1 aliphatic rings. The highest BCUT2D eigenvalue weighted by atomic mass is 16.5. The molecule has 0 aliphatic carbocycles. The predicted molar refractivity (Wildman–Crippen MR) is 90.1 cm³/mol. The lowest BCUT2D eigenvalue weighted by Gasteiger charge is -2.23. The van der Waals surface area contributed by atoms with E-state index in [1.54, 1.807) is 18.2 Å². The summed E-state index contributed by atoms with van der Waals surface area (Å²) >= 11 is 0. The Bertz CT molecular complexity index is 736. The standard InChI is InChI=1S/C19H19NO4/c21-18(20-14-9-11-24-12-10-14)16-8-4-7-15(17(16)19(22)23)13-5-2-1-3-6-13/h1-8,14H,9-12H2,(H,20,21)(H,22,23). The van der Waals surface area contributed by atoms with Gasteiger partial charge in [-0.25, -0.2) is 4.79 Å². The minimum atomic E-state index is -1.11. The minimum absolute atomic E-state index is 0.0216. The number of aromatic carboxylic acids is 1. The number of carbonyl (C=O) groups excluding carboxylic acids is 1. The fourth-order valence-corrected chi connectivity index (χ4v) is 2.94. The molecule has 2 aromatic carbocycles. The zero-order valence-corrected chi connectivity index (χ0v) is 13.2. The van der Waals surface area contributed by atoms with E-state index in [1.165, 1.54) is 0 Å². The summed E-state index contributed by atoms with van der Waals surface area (Å²) in [5, 5.41) is 12.6. The number of rotatable bonds is 4. The molecule has 0 spiro atoms. The normalized spacial score (nSPS) is 15.0. The van der Waals surface area contributed by atoms with Gasteiger partial charge >= 0.3 is 5.97 Å². The third-order valence-electron chi connectivity index (χ3n) is 4.16. The number of carboxylic acid groups (broad SMARTS) is 1. The summed E-state index contributed by atoms with van der Waals surface area (Å²) in [7, 11) is 0. The maximum absolute atomic E-state index is 12.6. The molecule has 2 aromatic rings. The van der Waals surface area contributed by atoms with Crippen molar-refractivity contribution in [3.8, 4) is 11.1 Å². The van der Waals surface area contributed by atoms with E-state index in [9.17, 15) is 14.7 Å². The maximum Gasteiger partial charge on any atom is 0.337 e. The first-order valence-electron chi connectivity index (χ1n) is 7.97. The summed E-state index contributed by atoms with van der Waals surface area (Å²) < 4.78 is 5.28. The van der Waals surface area contributed by atoms with Crippen LogP contribution in [0.4, 0.5) is 0 Å². The van der Waals surface area contributed by atoms with Crippen molar-refractivity contribution in [3.05, 3.63) is 59.7 Å². The zero-order chi connectivity index (χ0) is 16.9. The molecule has 0 aromatic heterocycles. The molecule has 1 saturated heterocycles. The van der Waals surface area contributed by atoms with Crippen molar-refractivity contribution < 1.29 is 19.4 Å².